The molecule has 26 heavy (non-hydrogen) atoms. The summed E-state index contributed by atoms with van der Waals surface area (Å²) in [5.41, 5.74) is 0.706. The number of nitro groups is 1. The zero-order chi connectivity index (χ0) is 19.2. The smallest absolute Gasteiger partial charge is 0.407 e. The van der Waals surface area contributed by atoms with Crippen molar-refractivity contribution in [3.63, 3.8) is 0 Å². The van der Waals surface area contributed by atoms with E-state index in [1.54, 1.807) is 12.1 Å². The van der Waals surface area contributed by atoms with E-state index < -0.39 is 5.60 Å². The van der Waals surface area contributed by atoms with E-state index in [1.807, 2.05) is 32.9 Å². The Morgan fingerprint density at radius 2 is 2.00 bits per heavy atom. The van der Waals surface area contributed by atoms with E-state index in [-0.39, 0.29) is 16.7 Å². The minimum atomic E-state index is -0.494. The Labute approximate surface area is 154 Å². The average Bonchev–Trinajstić information content (AvgIpc) is 2.57. The number of carbonyl (C=O) groups excluding carboxylic acids is 1. The number of carbonyl (C=O) groups is 1. The van der Waals surface area contributed by atoms with E-state index >= 15 is 0 Å². The molecule has 2 rings (SSSR count). The number of non-ortho nitro benzene ring substituents is 1. The summed E-state index contributed by atoms with van der Waals surface area (Å²) in [6.45, 7) is 8.01. The van der Waals surface area contributed by atoms with Crippen molar-refractivity contribution in [2.24, 2.45) is 0 Å². The number of likely N-dealkylation sites (tertiary alicyclic amines) is 1. The van der Waals surface area contributed by atoms with Gasteiger partial charge in [-0.3, -0.25) is 15.0 Å². The molecule has 1 aromatic carbocycles. The summed E-state index contributed by atoms with van der Waals surface area (Å²) in [5, 5.41) is 13.6. The van der Waals surface area contributed by atoms with Gasteiger partial charge in [-0.05, 0) is 52.1 Å². The van der Waals surface area contributed by atoms with Gasteiger partial charge in [0.25, 0.3) is 5.69 Å². The van der Waals surface area contributed by atoms with Gasteiger partial charge >= 0.3 is 6.09 Å². The fraction of sp³-hybridized carbons (Fsp3) is 0.632. The molecule has 7 heteroatoms. The third-order valence-electron chi connectivity index (χ3n) is 4.46. The van der Waals surface area contributed by atoms with Crippen molar-refractivity contribution in [3.8, 4) is 0 Å². The molecule has 0 bridgehead atoms. The maximum Gasteiger partial charge on any atom is 0.407 e. The maximum atomic E-state index is 11.9. The average molecular weight is 363 g/mol. The number of nitrogens with one attached hydrogen (secondary N) is 1. The first-order valence-corrected chi connectivity index (χ1v) is 9.19. The fourth-order valence-electron chi connectivity index (χ4n) is 3.16. The zero-order valence-electron chi connectivity index (χ0n) is 15.9. The van der Waals surface area contributed by atoms with Gasteiger partial charge in [0.2, 0.25) is 0 Å². The molecule has 1 aliphatic heterocycles. The summed E-state index contributed by atoms with van der Waals surface area (Å²) >= 11 is 0. The lowest BCUT2D eigenvalue weighted by atomic mass is 10.0. The standard InChI is InChI=1S/C19H29N3O4/c1-19(2,3)26-18(23)20-14-17-6-4-5-12-21(17)13-11-15-7-9-16(10-8-15)22(24)25/h7-10,17H,4-6,11-14H2,1-3H3,(H,20,23). The van der Waals surface area contributed by atoms with Crippen molar-refractivity contribution < 1.29 is 14.5 Å². The number of hydrogen-bond acceptors (Lipinski definition) is 5. The highest BCUT2D eigenvalue weighted by atomic mass is 16.6. The number of nitro benzene ring substituents is 1. The van der Waals surface area contributed by atoms with Gasteiger partial charge in [0.05, 0.1) is 4.92 Å². The predicted octanol–water partition coefficient (Wildman–Crippen LogP) is 3.52. The van der Waals surface area contributed by atoms with Crippen LogP contribution in [-0.4, -0.2) is 47.2 Å². The Balaban J connectivity index is 1.84. The topological polar surface area (TPSA) is 84.7 Å². The number of rotatable bonds is 6. The highest BCUT2D eigenvalue weighted by Gasteiger charge is 2.24. The molecule has 7 nitrogen and oxygen atoms in total. The number of alkyl carbamates (subject to hydrolysis) is 1. The molecule has 0 radical (unpaired) electrons. The number of ether oxygens (including phenoxy) is 1. The number of benzene rings is 1. The maximum absolute atomic E-state index is 11.9. The van der Waals surface area contributed by atoms with E-state index in [4.69, 9.17) is 4.74 Å². The third-order valence-corrected chi connectivity index (χ3v) is 4.46. The van der Waals surface area contributed by atoms with Gasteiger partial charge in [-0.25, -0.2) is 4.79 Å². The molecule has 1 amide bonds. The molecule has 0 saturated carbocycles. The molecule has 1 atom stereocenters. The molecule has 0 spiro atoms. The normalized spacial score (nSPS) is 18.3. The second kappa shape index (κ2) is 8.98. The Morgan fingerprint density at radius 3 is 2.62 bits per heavy atom. The summed E-state index contributed by atoms with van der Waals surface area (Å²) < 4.78 is 5.30. The Hall–Kier alpha value is -2.15. The van der Waals surface area contributed by atoms with E-state index in [1.165, 1.54) is 0 Å². The van der Waals surface area contributed by atoms with Crippen molar-refractivity contribution in [3.05, 3.63) is 39.9 Å². The highest BCUT2D eigenvalue weighted by Crippen LogP contribution is 2.18. The van der Waals surface area contributed by atoms with Crippen LogP contribution < -0.4 is 5.32 Å². The lowest BCUT2D eigenvalue weighted by molar-refractivity contribution is -0.384. The predicted molar refractivity (Wildman–Crippen MR) is 100 cm³/mol. The van der Waals surface area contributed by atoms with E-state index in [9.17, 15) is 14.9 Å². The second-order valence-electron chi connectivity index (χ2n) is 7.74. The van der Waals surface area contributed by atoms with Crippen LogP contribution in [0.5, 0.6) is 0 Å². The summed E-state index contributed by atoms with van der Waals surface area (Å²) in [5.74, 6) is 0. The molecule has 144 valence electrons. The van der Waals surface area contributed by atoms with E-state index in [0.29, 0.717) is 12.6 Å². The van der Waals surface area contributed by atoms with Crippen molar-refractivity contribution in [1.82, 2.24) is 10.2 Å². The molecule has 1 saturated heterocycles. The van der Waals surface area contributed by atoms with Crippen LogP contribution in [0.15, 0.2) is 24.3 Å². The van der Waals surface area contributed by atoms with Gasteiger partial charge < -0.3 is 10.1 Å². The van der Waals surface area contributed by atoms with Gasteiger partial charge in [-0.2, -0.15) is 0 Å². The molecule has 1 N–H and O–H groups in total. The summed E-state index contributed by atoms with van der Waals surface area (Å²) in [6.07, 6.45) is 3.83. The Bertz CT molecular complexity index is 610. The number of hydrogen-bond donors (Lipinski definition) is 1. The first kappa shape index (κ1) is 20.2. The molecule has 1 aromatic rings. The van der Waals surface area contributed by atoms with Crippen LogP contribution >= 0.6 is 0 Å². The van der Waals surface area contributed by atoms with Crippen LogP contribution in [-0.2, 0) is 11.2 Å². The van der Waals surface area contributed by atoms with Crippen molar-refractivity contribution in [2.45, 2.75) is 58.1 Å². The first-order valence-electron chi connectivity index (χ1n) is 9.19. The Morgan fingerprint density at radius 1 is 1.31 bits per heavy atom. The van der Waals surface area contributed by atoms with Crippen LogP contribution in [0.3, 0.4) is 0 Å². The number of amides is 1. The second-order valence-corrected chi connectivity index (χ2v) is 7.74. The van der Waals surface area contributed by atoms with Crippen LogP contribution in [0, 0.1) is 10.1 Å². The number of piperidine rings is 1. The summed E-state index contributed by atoms with van der Waals surface area (Å²) in [4.78, 5) is 24.6. The van der Waals surface area contributed by atoms with Crippen LogP contribution in [0.4, 0.5) is 10.5 Å². The van der Waals surface area contributed by atoms with Crippen LogP contribution in [0.25, 0.3) is 0 Å². The molecule has 1 unspecified atom stereocenters. The van der Waals surface area contributed by atoms with Gasteiger partial charge in [0, 0.05) is 31.3 Å². The lowest BCUT2D eigenvalue weighted by Gasteiger charge is -2.36. The van der Waals surface area contributed by atoms with Crippen molar-refractivity contribution in [1.29, 1.82) is 0 Å². The van der Waals surface area contributed by atoms with Gasteiger partial charge in [-0.15, -0.1) is 0 Å². The molecule has 0 aromatic heterocycles. The third kappa shape index (κ3) is 6.63. The molecule has 1 fully saturated rings. The fourth-order valence-corrected chi connectivity index (χ4v) is 3.16. The highest BCUT2D eigenvalue weighted by molar-refractivity contribution is 5.67. The molecule has 1 aliphatic rings. The van der Waals surface area contributed by atoms with Crippen molar-refractivity contribution >= 4 is 11.8 Å². The van der Waals surface area contributed by atoms with E-state index in [0.717, 1.165) is 44.3 Å². The van der Waals surface area contributed by atoms with Gasteiger partial charge in [0.15, 0.2) is 0 Å². The molecular formula is C19H29N3O4. The SMILES string of the molecule is CC(C)(C)OC(=O)NCC1CCCCN1CCc1ccc([N+](=O)[O-])cc1. The van der Waals surface area contributed by atoms with E-state index in [2.05, 4.69) is 10.2 Å². The largest absolute Gasteiger partial charge is 0.444 e. The molecule has 0 aliphatic carbocycles. The van der Waals surface area contributed by atoms with Gasteiger partial charge in [-0.1, -0.05) is 18.6 Å². The molecular weight excluding hydrogens is 334 g/mol. The first-order chi connectivity index (χ1) is 12.2. The summed E-state index contributed by atoms with van der Waals surface area (Å²) in [7, 11) is 0. The van der Waals surface area contributed by atoms with Gasteiger partial charge in [0.1, 0.15) is 5.60 Å². The molecule has 1 heterocycles. The summed E-state index contributed by atoms with van der Waals surface area (Å²) in [6, 6.07) is 7.03. The quantitative estimate of drug-likeness (QED) is 0.617. The zero-order valence-corrected chi connectivity index (χ0v) is 15.9. The Kier molecular flexibility index (Phi) is 6.97. The monoisotopic (exact) mass is 363 g/mol. The van der Waals surface area contributed by atoms with Crippen molar-refractivity contribution in [2.75, 3.05) is 19.6 Å². The van der Waals surface area contributed by atoms with Crippen LogP contribution in [0.1, 0.15) is 45.6 Å². The lowest BCUT2D eigenvalue weighted by Crippen LogP contribution is -2.48. The minimum absolute atomic E-state index is 0.117. The minimum Gasteiger partial charge on any atom is -0.444 e. The number of nitrogens with zero attached hydrogens (tertiary/aromatic N) is 2. The van der Waals surface area contributed by atoms with Crippen LogP contribution in [0.2, 0.25) is 0 Å².